The molecule has 1 saturated heterocycles. The smallest absolute Gasteiger partial charge is 0.237 e. The summed E-state index contributed by atoms with van der Waals surface area (Å²) in [5.41, 5.74) is 0. The van der Waals surface area contributed by atoms with Gasteiger partial charge in [0.15, 0.2) is 0 Å². The van der Waals surface area contributed by atoms with E-state index in [0.29, 0.717) is 12.6 Å². The Labute approximate surface area is 84.2 Å². The van der Waals surface area contributed by atoms with Gasteiger partial charge in [0, 0.05) is 13.2 Å². The van der Waals surface area contributed by atoms with E-state index >= 15 is 0 Å². The zero-order chi connectivity index (χ0) is 10.4. The van der Waals surface area contributed by atoms with Crippen LogP contribution in [0.15, 0.2) is 0 Å². The standard InChI is InChI=1S/C10H16N2O2/c1-8(7-11)10(13)12-5-4-9-3-2-6-14-9/h8-9H,2-6H2,1H3,(H,12,13). The zero-order valence-electron chi connectivity index (χ0n) is 8.45. The van der Waals surface area contributed by atoms with E-state index in [9.17, 15) is 4.79 Å². The van der Waals surface area contributed by atoms with Gasteiger partial charge >= 0.3 is 0 Å². The van der Waals surface area contributed by atoms with Gasteiger partial charge in [0.2, 0.25) is 5.91 Å². The molecule has 1 aliphatic rings. The van der Waals surface area contributed by atoms with Gasteiger partial charge in [-0.1, -0.05) is 0 Å². The van der Waals surface area contributed by atoms with Crippen LogP contribution in [0.2, 0.25) is 0 Å². The van der Waals surface area contributed by atoms with Crippen molar-refractivity contribution >= 4 is 5.91 Å². The number of amides is 1. The van der Waals surface area contributed by atoms with Crippen LogP contribution < -0.4 is 5.32 Å². The summed E-state index contributed by atoms with van der Waals surface area (Å²) in [5.74, 6) is -0.745. The van der Waals surface area contributed by atoms with Crippen molar-refractivity contribution in [2.24, 2.45) is 5.92 Å². The molecular weight excluding hydrogens is 180 g/mol. The van der Waals surface area contributed by atoms with Crippen molar-refractivity contribution in [3.63, 3.8) is 0 Å². The van der Waals surface area contributed by atoms with Gasteiger partial charge in [-0.15, -0.1) is 0 Å². The van der Waals surface area contributed by atoms with Gasteiger partial charge in [-0.2, -0.15) is 5.26 Å². The lowest BCUT2D eigenvalue weighted by molar-refractivity contribution is -0.123. The molecule has 0 bridgehead atoms. The lowest BCUT2D eigenvalue weighted by Crippen LogP contribution is -2.30. The molecule has 0 aromatic carbocycles. The van der Waals surface area contributed by atoms with Crippen molar-refractivity contribution in [2.75, 3.05) is 13.2 Å². The number of rotatable bonds is 4. The van der Waals surface area contributed by atoms with E-state index in [1.165, 1.54) is 0 Å². The van der Waals surface area contributed by atoms with Gasteiger partial charge in [0.1, 0.15) is 5.92 Å². The van der Waals surface area contributed by atoms with E-state index in [0.717, 1.165) is 25.9 Å². The van der Waals surface area contributed by atoms with Crippen molar-refractivity contribution in [2.45, 2.75) is 32.3 Å². The van der Waals surface area contributed by atoms with E-state index in [1.54, 1.807) is 6.92 Å². The minimum Gasteiger partial charge on any atom is -0.378 e. The summed E-state index contributed by atoms with van der Waals surface area (Å²) in [7, 11) is 0. The van der Waals surface area contributed by atoms with Gasteiger partial charge < -0.3 is 10.1 Å². The molecule has 0 aromatic rings. The maximum absolute atomic E-state index is 11.2. The summed E-state index contributed by atoms with van der Waals surface area (Å²) in [5, 5.41) is 11.2. The average molecular weight is 196 g/mol. The Kier molecular flexibility index (Phi) is 4.41. The molecule has 14 heavy (non-hydrogen) atoms. The van der Waals surface area contributed by atoms with Crippen LogP contribution in [0.3, 0.4) is 0 Å². The summed E-state index contributed by atoms with van der Waals surface area (Å²) < 4.78 is 5.41. The normalized spacial score (nSPS) is 22.7. The molecule has 2 unspecified atom stereocenters. The van der Waals surface area contributed by atoms with Crippen molar-refractivity contribution in [3.05, 3.63) is 0 Å². The highest BCUT2D eigenvalue weighted by Crippen LogP contribution is 2.14. The van der Waals surface area contributed by atoms with Crippen molar-refractivity contribution in [1.29, 1.82) is 5.26 Å². The third kappa shape index (κ3) is 3.35. The first-order valence-corrected chi connectivity index (χ1v) is 5.03. The second-order valence-corrected chi connectivity index (χ2v) is 3.57. The molecule has 1 heterocycles. The summed E-state index contributed by atoms with van der Waals surface area (Å²) in [6.45, 7) is 3.05. The molecule has 0 aliphatic carbocycles. The Balaban J connectivity index is 2.09. The van der Waals surface area contributed by atoms with Crippen molar-refractivity contribution in [3.8, 4) is 6.07 Å². The maximum Gasteiger partial charge on any atom is 0.237 e. The first kappa shape index (κ1) is 11.0. The van der Waals surface area contributed by atoms with Gasteiger partial charge in [-0.05, 0) is 26.2 Å². The third-order valence-corrected chi connectivity index (χ3v) is 2.38. The molecule has 0 radical (unpaired) electrons. The van der Waals surface area contributed by atoms with E-state index in [1.807, 2.05) is 6.07 Å². The number of carbonyl (C=O) groups excluding carboxylic acids is 1. The summed E-state index contributed by atoms with van der Waals surface area (Å²) in [6, 6.07) is 1.90. The second-order valence-electron chi connectivity index (χ2n) is 3.57. The van der Waals surface area contributed by atoms with Crippen LogP contribution in [0.25, 0.3) is 0 Å². The van der Waals surface area contributed by atoms with Crippen molar-refractivity contribution < 1.29 is 9.53 Å². The molecule has 1 N–H and O–H groups in total. The van der Waals surface area contributed by atoms with Crippen LogP contribution in [0, 0.1) is 17.2 Å². The number of nitrogens with one attached hydrogen (secondary N) is 1. The number of carbonyl (C=O) groups is 1. The largest absolute Gasteiger partial charge is 0.378 e. The predicted octanol–water partition coefficient (Wildman–Crippen LogP) is 0.831. The highest BCUT2D eigenvalue weighted by molar-refractivity contribution is 5.80. The molecule has 1 amide bonds. The van der Waals surface area contributed by atoms with Gasteiger partial charge in [-0.3, -0.25) is 4.79 Å². The molecule has 2 atom stereocenters. The highest BCUT2D eigenvalue weighted by atomic mass is 16.5. The monoisotopic (exact) mass is 196 g/mol. The molecule has 1 fully saturated rings. The molecule has 4 nitrogen and oxygen atoms in total. The lowest BCUT2D eigenvalue weighted by Gasteiger charge is -2.10. The minimum absolute atomic E-state index is 0.189. The minimum atomic E-state index is -0.556. The SMILES string of the molecule is CC(C#N)C(=O)NCCC1CCCO1. The molecule has 1 aliphatic heterocycles. The molecule has 0 spiro atoms. The molecule has 4 heteroatoms. The average Bonchev–Trinajstić information content (AvgIpc) is 2.69. The quantitative estimate of drug-likeness (QED) is 0.724. The Bertz CT molecular complexity index is 229. The van der Waals surface area contributed by atoms with Gasteiger partial charge in [0.25, 0.3) is 0 Å². The van der Waals surface area contributed by atoms with Crippen molar-refractivity contribution in [1.82, 2.24) is 5.32 Å². The maximum atomic E-state index is 11.2. The lowest BCUT2D eigenvalue weighted by atomic mass is 10.1. The first-order chi connectivity index (χ1) is 6.74. The van der Waals surface area contributed by atoms with Crippen LogP contribution >= 0.6 is 0 Å². The number of ether oxygens (including phenoxy) is 1. The Morgan fingerprint density at radius 3 is 3.14 bits per heavy atom. The van der Waals surface area contributed by atoms with Crippen LogP contribution in [0.4, 0.5) is 0 Å². The highest BCUT2D eigenvalue weighted by Gasteiger charge is 2.16. The molecule has 0 aromatic heterocycles. The van der Waals surface area contributed by atoms with E-state index in [2.05, 4.69) is 5.32 Å². The Hall–Kier alpha value is -1.08. The summed E-state index contributed by atoms with van der Waals surface area (Å²) in [6.07, 6.45) is 3.36. The Morgan fingerprint density at radius 2 is 2.57 bits per heavy atom. The van der Waals surface area contributed by atoms with E-state index in [-0.39, 0.29) is 5.91 Å². The van der Waals surface area contributed by atoms with E-state index in [4.69, 9.17) is 10.00 Å². The molecule has 78 valence electrons. The predicted molar refractivity (Wildman–Crippen MR) is 51.4 cm³/mol. The van der Waals surface area contributed by atoms with Gasteiger partial charge in [-0.25, -0.2) is 0 Å². The zero-order valence-corrected chi connectivity index (χ0v) is 8.45. The second kappa shape index (κ2) is 5.61. The molecular formula is C10H16N2O2. The molecule has 1 rings (SSSR count). The fourth-order valence-electron chi connectivity index (χ4n) is 1.44. The van der Waals surface area contributed by atoms with Crippen LogP contribution in [-0.2, 0) is 9.53 Å². The number of hydrogen-bond donors (Lipinski definition) is 1. The van der Waals surface area contributed by atoms with Crippen LogP contribution in [0.5, 0.6) is 0 Å². The van der Waals surface area contributed by atoms with Crippen LogP contribution in [0.1, 0.15) is 26.2 Å². The van der Waals surface area contributed by atoms with Crippen LogP contribution in [-0.4, -0.2) is 25.2 Å². The Morgan fingerprint density at radius 1 is 1.79 bits per heavy atom. The number of hydrogen-bond acceptors (Lipinski definition) is 3. The van der Waals surface area contributed by atoms with Gasteiger partial charge in [0.05, 0.1) is 12.2 Å². The number of nitriles is 1. The third-order valence-electron chi connectivity index (χ3n) is 2.38. The molecule has 0 saturated carbocycles. The topological polar surface area (TPSA) is 62.1 Å². The fourth-order valence-corrected chi connectivity index (χ4v) is 1.44. The first-order valence-electron chi connectivity index (χ1n) is 5.03. The number of nitrogens with zero attached hydrogens (tertiary/aromatic N) is 1. The summed E-state index contributed by atoms with van der Waals surface area (Å²) in [4.78, 5) is 11.2. The van der Waals surface area contributed by atoms with E-state index < -0.39 is 5.92 Å². The summed E-state index contributed by atoms with van der Waals surface area (Å²) >= 11 is 0. The fraction of sp³-hybridized carbons (Fsp3) is 0.800.